The van der Waals surface area contributed by atoms with Gasteiger partial charge in [0.25, 0.3) is 0 Å². The largest absolute Gasteiger partial charge is 0.392 e. The van der Waals surface area contributed by atoms with Crippen LogP contribution < -0.4 is 0 Å². The summed E-state index contributed by atoms with van der Waals surface area (Å²) in [5.74, 6) is 0. The molecule has 102 valence electrons. The van der Waals surface area contributed by atoms with Gasteiger partial charge >= 0.3 is 0 Å². The van der Waals surface area contributed by atoms with Gasteiger partial charge in [-0.05, 0) is 11.1 Å². The molecule has 2 aromatic carbocycles. The van der Waals surface area contributed by atoms with Crippen molar-refractivity contribution in [2.75, 3.05) is 6.61 Å². The molecule has 0 aromatic heterocycles. The van der Waals surface area contributed by atoms with Gasteiger partial charge in [0, 0.05) is 0 Å². The summed E-state index contributed by atoms with van der Waals surface area (Å²) in [5.41, 5.74) is 2.08. The van der Waals surface area contributed by atoms with Gasteiger partial charge in [0.05, 0.1) is 6.61 Å². The lowest BCUT2D eigenvalue weighted by atomic mass is 10.1. The van der Waals surface area contributed by atoms with Crippen molar-refractivity contribution in [3.63, 3.8) is 0 Å². The summed E-state index contributed by atoms with van der Waals surface area (Å²) in [5, 5.41) is 8.51. The lowest BCUT2D eigenvalue weighted by Gasteiger charge is -1.97. The highest BCUT2D eigenvalue weighted by Crippen LogP contribution is 2.12. The average Bonchev–Trinajstić information content (AvgIpc) is 2.54. The molecule has 0 aliphatic rings. The molecule has 0 heterocycles. The van der Waals surface area contributed by atoms with Crippen molar-refractivity contribution in [1.82, 2.24) is 0 Å². The van der Waals surface area contributed by atoms with Gasteiger partial charge in [-0.1, -0.05) is 97.6 Å². The second kappa shape index (κ2) is 10.5. The Hall–Kier alpha value is -2.38. The van der Waals surface area contributed by atoms with E-state index >= 15 is 0 Å². The van der Waals surface area contributed by atoms with E-state index in [2.05, 4.69) is 6.58 Å². The van der Waals surface area contributed by atoms with E-state index < -0.39 is 0 Å². The minimum absolute atomic E-state index is 0.0716. The molecule has 0 unspecified atom stereocenters. The highest BCUT2D eigenvalue weighted by Gasteiger charge is 1.90. The fraction of sp³-hybridized carbons (Fsp3) is 0.0526. The molecule has 0 amide bonds. The Kier molecular flexibility index (Phi) is 8.26. The molecule has 2 aromatic rings. The maximum atomic E-state index is 8.51. The molecular formula is C19H20O. The van der Waals surface area contributed by atoms with E-state index in [0.717, 1.165) is 11.1 Å². The maximum absolute atomic E-state index is 8.51. The molecule has 20 heavy (non-hydrogen) atoms. The first kappa shape index (κ1) is 15.7. The van der Waals surface area contributed by atoms with Crippen molar-refractivity contribution in [2.24, 2.45) is 0 Å². The number of aliphatic hydroxyl groups is 1. The SMILES string of the molecule is C=C(/C=C\C=C/CO)c1ccccc1.c1ccccc1. The summed E-state index contributed by atoms with van der Waals surface area (Å²) >= 11 is 0. The fourth-order valence-corrected chi connectivity index (χ4v) is 1.44. The van der Waals surface area contributed by atoms with Crippen molar-refractivity contribution in [2.45, 2.75) is 0 Å². The van der Waals surface area contributed by atoms with Gasteiger partial charge in [-0.3, -0.25) is 0 Å². The Balaban J connectivity index is 0.000000276. The van der Waals surface area contributed by atoms with Gasteiger partial charge in [-0.2, -0.15) is 0 Å². The zero-order valence-corrected chi connectivity index (χ0v) is 11.5. The molecule has 1 N–H and O–H groups in total. The van der Waals surface area contributed by atoms with Crippen LogP contribution in [0.4, 0.5) is 0 Å². The summed E-state index contributed by atoms with van der Waals surface area (Å²) in [6.07, 6.45) is 7.26. The highest BCUT2D eigenvalue weighted by molar-refractivity contribution is 5.72. The molecule has 0 atom stereocenters. The minimum atomic E-state index is 0.0716. The minimum Gasteiger partial charge on any atom is -0.392 e. The third kappa shape index (κ3) is 7.14. The fourth-order valence-electron chi connectivity index (χ4n) is 1.44. The summed E-state index contributed by atoms with van der Waals surface area (Å²) in [7, 11) is 0. The predicted octanol–water partition coefficient (Wildman–Crippen LogP) is 4.49. The third-order valence-electron chi connectivity index (χ3n) is 2.46. The van der Waals surface area contributed by atoms with Gasteiger partial charge in [-0.15, -0.1) is 0 Å². The first-order chi connectivity index (χ1) is 9.84. The first-order valence-electron chi connectivity index (χ1n) is 6.53. The van der Waals surface area contributed by atoms with Crippen molar-refractivity contribution < 1.29 is 5.11 Å². The van der Waals surface area contributed by atoms with Crippen LogP contribution in [0.2, 0.25) is 0 Å². The van der Waals surface area contributed by atoms with Crippen molar-refractivity contribution in [1.29, 1.82) is 0 Å². The summed E-state index contributed by atoms with van der Waals surface area (Å²) in [4.78, 5) is 0. The highest BCUT2D eigenvalue weighted by atomic mass is 16.2. The second-order valence-electron chi connectivity index (χ2n) is 4.02. The molecule has 0 saturated heterocycles. The topological polar surface area (TPSA) is 20.2 Å². The predicted molar refractivity (Wildman–Crippen MR) is 87.3 cm³/mol. The lowest BCUT2D eigenvalue weighted by Crippen LogP contribution is -1.76. The smallest absolute Gasteiger partial charge is 0.0615 e. The average molecular weight is 264 g/mol. The molecular weight excluding hydrogens is 244 g/mol. The van der Waals surface area contributed by atoms with Crippen LogP contribution in [0.15, 0.2) is 97.6 Å². The molecule has 0 bridgehead atoms. The van der Waals surface area contributed by atoms with Crippen LogP contribution in [0, 0.1) is 0 Å². The van der Waals surface area contributed by atoms with E-state index in [4.69, 9.17) is 5.11 Å². The monoisotopic (exact) mass is 264 g/mol. The van der Waals surface area contributed by atoms with Gasteiger partial charge < -0.3 is 5.11 Å². The van der Waals surface area contributed by atoms with Crippen LogP contribution in [0.1, 0.15) is 5.56 Å². The number of hydrogen-bond donors (Lipinski definition) is 1. The Bertz CT molecular complexity index is 497. The van der Waals surface area contributed by atoms with Crippen LogP contribution >= 0.6 is 0 Å². The van der Waals surface area contributed by atoms with E-state index in [-0.39, 0.29) is 6.61 Å². The van der Waals surface area contributed by atoms with Gasteiger partial charge in [0.15, 0.2) is 0 Å². The summed E-state index contributed by atoms with van der Waals surface area (Å²) < 4.78 is 0. The number of benzene rings is 2. The normalized spacial score (nSPS) is 10.2. The zero-order chi connectivity index (χ0) is 14.5. The van der Waals surface area contributed by atoms with Crippen molar-refractivity contribution in [3.05, 3.63) is 103 Å². The van der Waals surface area contributed by atoms with E-state index in [1.807, 2.05) is 78.9 Å². The number of aliphatic hydroxyl groups excluding tert-OH is 1. The molecule has 0 saturated carbocycles. The maximum Gasteiger partial charge on any atom is 0.0615 e. The Labute approximate surface area is 121 Å². The van der Waals surface area contributed by atoms with Gasteiger partial charge in [0.1, 0.15) is 0 Å². The van der Waals surface area contributed by atoms with E-state index in [0.29, 0.717) is 0 Å². The van der Waals surface area contributed by atoms with E-state index in [1.165, 1.54) is 0 Å². The number of allylic oxidation sites excluding steroid dienone is 4. The number of hydrogen-bond acceptors (Lipinski definition) is 1. The second-order valence-corrected chi connectivity index (χ2v) is 4.02. The van der Waals surface area contributed by atoms with Crippen LogP contribution in [0.3, 0.4) is 0 Å². The van der Waals surface area contributed by atoms with E-state index in [9.17, 15) is 0 Å². The van der Waals surface area contributed by atoms with Crippen LogP contribution in [0.25, 0.3) is 5.57 Å². The molecule has 0 spiro atoms. The number of rotatable bonds is 4. The molecule has 0 aliphatic heterocycles. The Morgan fingerprint density at radius 2 is 1.35 bits per heavy atom. The van der Waals surface area contributed by atoms with Gasteiger partial charge in [0.2, 0.25) is 0 Å². The Morgan fingerprint density at radius 3 is 1.85 bits per heavy atom. The summed E-state index contributed by atoms with van der Waals surface area (Å²) in [6, 6.07) is 22.0. The molecule has 1 heteroatoms. The summed E-state index contributed by atoms with van der Waals surface area (Å²) in [6.45, 7) is 4.01. The quantitative estimate of drug-likeness (QED) is 0.807. The van der Waals surface area contributed by atoms with Crippen LogP contribution in [0.5, 0.6) is 0 Å². The molecule has 0 fully saturated rings. The van der Waals surface area contributed by atoms with Crippen LogP contribution in [-0.2, 0) is 0 Å². The molecule has 0 aliphatic carbocycles. The molecule has 2 rings (SSSR count). The van der Waals surface area contributed by atoms with Gasteiger partial charge in [-0.25, -0.2) is 0 Å². The third-order valence-corrected chi connectivity index (χ3v) is 2.46. The Morgan fingerprint density at radius 1 is 0.850 bits per heavy atom. The van der Waals surface area contributed by atoms with Crippen LogP contribution in [-0.4, -0.2) is 11.7 Å². The standard InChI is InChI=1S/C13H14O.C6H6/c1-12(8-4-3-7-11-14)13-9-5-2-6-10-13;1-2-4-6-5-3-1/h2-10,14H,1,11H2;1-6H/b7-3-,8-4-;. The molecule has 0 radical (unpaired) electrons. The first-order valence-corrected chi connectivity index (χ1v) is 6.53. The van der Waals surface area contributed by atoms with Crippen molar-refractivity contribution >= 4 is 5.57 Å². The zero-order valence-electron chi connectivity index (χ0n) is 11.5. The van der Waals surface area contributed by atoms with Crippen molar-refractivity contribution in [3.8, 4) is 0 Å². The van der Waals surface area contributed by atoms with E-state index in [1.54, 1.807) is 12.2 Å². The lowest BCUT2D eigenvalue weighted by molar-refractivity contribution is 0.343. The molecule has 1 nitrogen and oxygen atoms in total.